The third kappa shape index (κ3) is 6.01. The average molecular weight is 480 g/mol. The van der Waals surface area contributed by atoms with E-state index in [9.17, 15) is 19.2 Å². The minimum atomic E-state index is -0.805. The Morgan fingerprint density at radius 2 is 1.58 bits per heavy atom. The summed E-state index contributed by atoms with van der Waals surface area (Å²) in [5.41, 5.74) is 0.442. The summed E-state index contributed by atoms with van der Waals surface area (Å²) < 4.78 is 25.5. The lowest BCUT2D eigenvalue weighted by Crippen LogP contribution is -2.22. The zero-order valence-corrected chi connectivity index (χ0v) is 19.8. The van der Waals surface area contributed by atoms with Gasteiger partial charge < -0.3 is 29.0 Å². The van der Waals surface area contributed by atoms with Crippen molar-refractivity contribution in [3.8, 4) is 11.5 Å². The van der Waals surface area contributed by atoms with Crippen LogP contribution in [0.4, 0.5) is 5.00 Å². The zero-order chi connectivity index (χ0) is 24.5. The van der Waals surface area contributed by atoms with Crippen LogP contribution in [0.3, 0.4) is 0 Å². The van der Waals surface area contributed by atoms with Gasteiger partial charge in [0, 0.05) is 0 Å². The summed E-state index contributed by atoms with van der Waals surface area (Å²) in [6.45, 7) is 4.46. The number of esters is 3. The Morgan fingerprint density at radius 3 is 2.18 bits per heavy atom. The van der Waals surface area contributed by atoms with Gasteiger partial charge in [-0.15, -0.1) is 11.3 Å². The van der Waals surface area contributed by atoms with E-state index in [4.69, 9.17) is 23.7 Å². The largest absolute Gasteiger partial charge is 0.493 e. The maximum absolute atomic E-state index is 12.5. The third-order valence-electron chi connectivity index (χ3n) is 4.30. The highest BCUT2D eigenvalue weighted by Gasteiger charge is 2.27. The van der Waals surface area contributed by atoms with Gasteiger partial charge in [0.2, 0.25) is 0 Å². The SMILES string of the molecule is CCOC(=O)c1sc(NC(=O)COC(=O)c2cccc(OC)c2OC)c(C(=O)OCC)c1C. The van der Waals surface area contributed by atoms with E-state index >= 15 is 0 Å². The van der Waals surface area contributed by atoms with Gasteiger partial charge in [-0.1, -0.05) is 6.07 Å². The highest BCUT2D eigenvalue weighted by Crippen LogP contribution is 2.34. The van der Waals surface area contributed by atoms with Crippen molar-refractivity contribution in [3.05, 3.63) is 39.8 Å². The predicted octanol–water partition coefficient (Wildman–Crippen LogP) is 3.22. The molecule has 0 aliphatic rings. The van der Waals surface area contributed by atoms with E-state index in [1.54, 1.807) is 32.9 Å². The minimum absolute atomic E-state index is 0.0408. The predicted molar refractivity (Wildman–Crippen MR) is 119 cm³/mol. The van der Waals surface area contributed by atoms with Gasteiger partial charge in [0.1, 0.15) is 15.4 Å². The first kappa shape index (κ1) is 25.7. The normalized spacial score (nSPS) is 10.2. The summed E-state index contributed by atoms with van der Waals surface area (Å²) in [4.78, 5) is 49.7. The third-order valence-corrected chi connectivity index (χ3v) is 5.48. The number of thiophene rings is 1. The van der Waals surface area contributed by atoms with Gasteiger partial charge in [-0.25, -0.2) is 14.4 Å². The number of ether oxygens (including phenoxy) is 5. The molecule has 1 N–H and O–H groups in total. The van der Waals surface area contributed by atoms with E-state index in [0.717, 1.165) is 11.3 Å². The van der Waals surface area contributed by atoms with E-state index < -0.39 is 30.4 Å². The van der Waals surface area contributed by atoms with Gasteiger partial charge in [-0.3, -0.25) is 4.79 Å². The van der Waals surface area contributed by atoms with Crippen molar-refractivity contribution >= 4 is 40.2 Å². The minimum Gasteiger partial charge on any atom is -0.493 e. The first-order valence-electron chi connectivity index (χ1n) is 9.94. The summed E-state index contributed by atoms with van der Waals surface area (Å²) >= 11 is 0.874. The molecule has 0 atom stereocenters. The van der Waals surface area contributed by atoms with E-state index in [-0.39, 0.29) is 40.0 Å². The van der Waals surface area contributed by atoms with Crippen molar-refractivity contribution < 1.29 is 42.9 Å². The smallest absolute Gasteiger partial charge is 0.348 e. The van der Waals surface area contributed by atoms with Gasteiger partial charge >= 0.3 is 17.9 Å². The van der Waals surface area contributed by atoms with Crippen LogP contribution in [0.2, 0.25) is 0 Å². The number of hydrogen-bond donors (Lipinski definition) is 1. The lowest BCUT2D eigenvalue weighted by Gasteiger charge is -2.12. The van der Waals surface area contributed by atoms with Crippen LogP contribution >= 0.6 is 11.3 Å². The average Bonchev–Trinajstić information content (AvgIpc) is 3.12. The number of benzene rings is 1. The summed E-state index contributed by atoms with van der Waals surface area (Å²) in [5, 5.41) is 2.60. The number of carbonyl (C=O) groups is 4. The molecule has 0 spiro atoms. The van der Waals surface area contributed by atoms with Crippen molar-refractivity contribution in [2.45, 2.75) is 20.8 Å². The molecule has 11 heteroatoms. The molecule has 0 fully saturated rings. The summed E-state index contributed by atoms with van der Waals surface area (Å²) in [7, 11) is 2.80. The molecule has 1 aromatic carbocycles. The first-order chi connectivity index (χ1) is 15.8. The Balaban J connectivity index is 2.19. The fourth-order valence-electron chi connectivity index (χ4n) is 2.86. The van der Waals surface area contributed by atoms with Crippen LogP contribution < -0.4 is 14.8 Å². The number of nitrogens with one attached hydrogen (secondary N) is 1. The topological polar surface area (TPSA) is 126 Å². The Hall–Kier alpha value is -3.60. The zero-order valence-electron chi connectivity index (χ0n) is 18.9. The Kier molecular flexibility index (Phi) is 9.22. The number of methoxy groups -OCH3 is 2. The Labute approximate surface area is 194 Å². The van der Waals surface area contributed by atoms with Crippen LogP contribution in [0.25, 0.3) is 0 Å². The van der Waals surface area contributed by atoms with Crippen LogP contribution in [0.5, 0.6) is 11.5 Å². The maximum Gasteiger partial charge on any atom is 0.348 e. The van der Waals surface area contributed by atoms with Crippen molar-refractivity contribution in [2.75, 3.05) is 39.4 Å². The van der Waals surface area contributed by atoms with Crippen LogP contribution in [0.15, 0.2) is 18.2 Å². The van der Waals surface area contributed by atoms with Crippen molar-refractivity contribution in [3.63, 3.8) is 0 Å². The van der Waals surface area contributed by atoms with E-state index in [1.165, 1.54) is 20.3 Å². The number of carbonyl (C=O) groups excluding carboxylic acids is 4. The van der Waals surface area contributed by atoms with Crippen molar-refractivity contribution in [2.24, 2.45) is 0 Å². The van der Waals surface area contributed by atoms with E-state index in [0.29, 0.717) is 11.3 Å². The molecule has 0 saturated carbocycles. The Morgan fingerprint density at radius 1 is 0.909 bits per heavy atom. The molecule has 10 nitrogen and oxygen atoms in total. The molecule has 0 aliphatic carbocycles. The van der Waals surface area contributed by atoms with Crippen LogP contribution in [0.1, 0.15) is 49.8 Å². The fourth-order valence-corrected chi connectivity index (χ4v) is 3.97. The van der Waals surface area contributed by atoms with Gasteiger partial charge in [0.05, 0.1) is 33.0 Å². The summed E-state index contributed by atoms with van der Waals surface area (Å²) in [6, 6.07) is 4.66. The molecule has 1 aromatic heterocycles. The lowest BCUT2D eigenvalue weighted by atomic mass is 10.1. The summed E-state index contributed by atoms with van der Waals surface area (Å²) in [5.74, 6) is -2.34. The molecular formula is C22H25NO9S. The molecule has 2 aromatic rings. The first-order valence-corrected chi connectivity index (χ1v) is 10.8. The monoisotopic (exact) mass is 479 g/mol. The Bertz CT molecular complexity index is 1040. The molecular weight excluding hydrogens is 454 g/mol. The summed E-state index contributed by atoms with van der Waals surface area (Å²) in [6.07, 6.45) is 0. The molecule has 2 rings (SSSR count). The molecule has 33 heavy (non-hydrogen) atoms. The molecule has 0 bridgehead atoms. The second kappa shape index (κ2) is 11.9. The number of amides is 1. The standard InChI is InChI=1S/C22H25NO9S/c1-6-30-21(26)16-12(3)18(22(27)31-7-2)33-19(16)23-15(24)11-32-20(25)13-9-8-10-14(28-4)17(13)29-5/h8-10H,6-7,11H2,1-5H3,(H,23,24). The molecule has 0 aliphatic heterocycles. The number of para-hydroxylation sites is 1. The van der Waals surface area contributed by atoms with Gasteiger partial charge in [-0.05, 0) is 38.5 Å². The van der Waals surface area contributed by atoms with Crippen molar-refractivity contribution in [1.29, 1.82) is 0 Å². The quantitative estimate of drug-likeness (QED) is 0.404. The second-order valence-corrected chi connectivity index (χ2v) is 7.39. The van der Waals surface area contributed by atoms with Gasteiger partial charge in [0.15, 0.2) is 18.1 Å². The molecule has 178 valence electrons. The van der Waals surface area contributed by atoms with Crippen LogP contribution in [-0.2, 0) is 19.0 Å². The number of rotatable bonds is 10. The molecule has 0 unspecified atom stereocenters. The molecule has 0 saturated heterocycles. The lowest BCUT2D eigenvalue weighted by molar-refractivity contribution is -0.119. The van der Waals surface area contributed by atoms with Crippen molar-refractivity contribution in [1.82, 2.24) is 0 Å². The highest BCUT2D eigenvalue weighted by atomic mass is 32.1. The fraction of sp³-hybridized carbons (Fsp3) is 0.364. The molecule has 1 amide bonds. The van der Waals surface area contributed by atoms with E-state index in [2.05, 4.69) is 5.32 Å². The van der Waals surface area contributed by atoms with Gasteiger partial charge in [0.25, 0.3) is 5.91 Å². The number of anilines is 1. The van der Waals surface area contributed by atoms with Gasteiger partial charge in [-0.2, -0.15) is 0 Å². The molecule has 1 heterocycles. The second-order valence-electron chi connectivity index (χ2n) is 6.37. The maximum atomic E-state index is 12.5. The van der Waals surface area contributed by atoms with Crippen LogP contribution in [-0.4, -0.2) is 57.9 Å². The van der Waals surface area contributed by atoms with E-state index in [1.807, 2.05) is 0 Å². The van der Waals surface area contributed by atoms with Crippen LogP contribution in [0, 0.1) is 6.92 Å². The number of hydrogen-bond acceptors (Lipinski definition) is 10. The molecule has 0 radical (unpaired) electrons. The highest BCUT2D eigenvalue weighted by molar-refractivity contribution is 7.18.